The SMILES string of the molecule is N#Cc1cccc(-n2ccc3c(=O)[nH]cnc32)c1. The van der Waals surface area contributed by atoms with Crippen LogP contribution in [0, 0.1) is 11.3 Å². The van der Waals surface area contributed by atoms with Crippen molar-refractivity contribution in [1.29, 1.82) is 5.26 Å². The lowest BCUT2D eigenvalue weighted by molar-refractivity contribution is 1.06. The van der Waals surface area contributed by atoms with Crippen LogP contribution in [0.5, 0.6) is 0 Å². The Morgan fingerprint density at radius 1 is 1.33 bits per heavy atom. The molecule has 0 saturated carbocycles. The summed E-state index contributed by atoms with van der Waals surface area (Å²) in [4.78, 5) is 18.3. The van der Waals surface area contributed by atoms with Crippen molar-refractivity contribution in [3.63, 3.8) is 0 Å². The van der Waals surface area contributed by atoms with E-state index >= 15 is 0 Å². The highest BCUT2D eigenvalue weighted by atomic mass is 16.1. The molecule has 3 aromatic rings. The summed E-state index contributed by atoms with van der Waals surface area (Å²) in [6, 6.07) is 10.9. The number of benzene rings is 1. The Morgan fingerprint density at radius 2 is 2.22 bits per heavy atom. The predicted octanol–water partition coefficient (Wildman–Crippen LogP) is 1.59. The fourth-order valence-electron chi connectivity index (χ4n) is 1.90. The number of hydrogen-bond acceptors (Lipinski definition) is 3. The molecule has 5 heteroatoms. The first kappa shape index (κ1) is 10.3. The van der Waals surface area contributed by atoms with Crippen LogP contribution in [0.1, 0.15) is 5.56 Å². The van der Waals surface area contributed by atoms with Crippen LogP contribution in [0.15, 0.2) is 47.7 Å². The summed E-state index contributed by atoms with van der Waals surface area (Å²) >= 11 is 0. The third-order valence-electron chi connectivity index (χ3n) is 2.74. The number of nitriles is 1. The molecule has 2 heterocycles. The number of fused-ring (bicyclic) bond motifs is 1. The second-order valence-electron chi connectivity index (χ2n) is 3.82. The van der Waals surface area contributed by atoms with Crippen LogP contribution in [-0.4, -0.2) is 14.5 Å². The highest BCUT2D eigenvalue weighted by molar-refractivity contribution is 5.76. The lowest BCUT2D eigenvalue weighted by Gasteiger charge is -2.04. The minimum atomic E-state index is -0.171. The lowest BCUT2D eigenvalue weighted by Crippen LogP contribution is -2.06. The zero-order valence-electron chi connectivity index (χ0n) is 9.29. The Hall–Kier alpha value is -2.87. The van der Waals surface area contributed by atoms with Crippen molar-refractivity contribution in [1.82, 2.24) is 14.5 Å². The van der Waals surface area contributed by atoms with Gasteiger partial charge in [0, 0.05) is 11.9 Å². The first-order valence-electron chi connectivity index (χ1n) is 5.35. The van der Waals surface area contributed by atoms with Gasteiger partial charge in [0.25, 0.3) is 5.56 Å². The normalized spacial score (nSPS) is 10.4. The van der Waals surface area contributed by atoms with Crippen LogP contribution in [0.25, 0.3) is 16.7 Å². The quantitative estimate of drug-likeness (QED) is 0.697. The summed E-state index contributed by atoms with van der Waals surface area (Å²) < 4.78 is 1.78. The molecule has 18 heavy (non-hydrogen) atoms. The van der Waals surface area contributed by atoms with Crippen LogP contribution in [0.4, 0.5) is 0 Å². The maximum Gasteiger partial charge on any atom is 0.260 e. The van der Waals surface area contributed by atoms with Crippen molar-refractivity contribution in [3.8, 4) is 11.8 Å². The van der Waals surface area contributed by atoms with E-state index in [0.717, 1.165) is 5.69 Å². The van der Waals surface area contributed by atoms with Crippen molar-refractivity contribution < 1.29 is 0 Å². The summed E-state index contributed by atoms with van der Waals surface area (Å²) in [6.07, 6.45) is 3.14. The molecule has 0 saturated heterocycles. The molecule has 0 aliphatic rings. The molecule has 0 amide bonds. The average Bonchev–Trinajstić information content (AvgIpc) is 2.84. The van der Waals surface area contributed by atoms with E-state index in [4.69, 9.17) is 5.26 Å². The molecule has 3 rings (SSSR count). The third-order valence-corrected chi connectivity index (χ3v) is 2.74. The van der Waals surface area contributed by atoms with Gasteiger partial charge in [-0.25, -0.2) is 4.98 Å². The van der Waals surface area contributed by atoms with Gasteiger partial charge < -0.3 is 9.55 Å². The second-order valence-corrected chi connectivity index (χ2v) is 3.82. The molecule has 86 valence electrons. The second kappa shape index (κ2) is 3.86. The van der Waals surface area contributed by atoms with E-state index in [2.05, 4.69) is 16.0 Å². The molecule has 0 aliphatic heterocycles. The summed E-state index contributed by atoms with van der Waals surface area (Å²) in [5.41, 5.74) is 1.78. The molecule has 0 aliphatic carbocycles. The van der Waals surface area contributed by atoms with Crippen LogP contribution in [-0.2, 0) is 0 Å². The number of H-pyrrole nitrogens is 1. The van der Waals surface area contributed by atoms with Gasteiger partial charge in [0.2, 0.25) is 0 Å². The van der Waals surface area contributed by atoms with Gasteiger partial charge in [-0.1, -0.05) is 6.07 Å². The summed E-state index contributed by atoms with van der Waals surface area (Å²) in [5, 5.41) is 9.41. The molecule has 0 unspecified atom stereocenters. The molecule has 5 nitrogen and oxygen atoms in total. The molecule has 0 atom stereocenters. The maximum absolute atomic E-state index is 11.6. The minimum absolute atomic E-state index is 0.171. The van der Waals surface area contributed by atoms with Crippen molar-refractivity contribution in [2.45, 2.75) is 0 Å². The number of rotatable bonds is 1. The molecule has 1 N–H and O–H groups in total. The highest BCUT2D eigenvalue weighted by Crippen LogP contribution is 2.16. The van der Waals surface area contributed by atoms with Gasteiger partial charge in [-0.05, 0) is 24.3 Å². The summed E-state index contributed by atoms with van der Waals surface area (Å²) in [5.74, 6) is 0. The van der Waals surface area contributed by atoms with Crippen molar-refractivity contribution in [2.24, 2.45) is 0 Å². The Balaban J connectivity index is 2.29. The van der Waals surface area contributed by atoms with E-state index in [1.54, 1.807) is 35.0 Å². The number of nitrogens with zero attached hydrogens (tertiary/aromatic N) is 3. The fourth-order valence-corrected chi connectivity index (χ4v) is 1.90. The van der Waals surface area contributed by atoms with E-state index in [9.17, 15) is 4.79 Å². The molecule has 0 bridgehead atoms. The van der Waals surface area contributed by atoms with Crippen molar-refractivity contribution in [3.05, 3.63) is 58.8 Å². The van der Waals surface area contributed by atoms with Crippen molar-refractivity contribution in [2.75, 3.05) is 0 Å². The zero-order chi connectivity index (χ0) is 12.5. The number of hydrogen-bond donors (Lipinski definition) is 1. The zero-order valence-corrected chi connectivity index (χ0v) is 9.29. The van der Waals surface area contributed by atoms with Gasteiger partial charge in [-0.3, -0.25) is 4.79 Å². The van der Waals surface area contributed by atoms with E-state index in [1.165, 1.54) is 6.33 Å². The van der Waals surface area contributed by atoms with Crippen LogP contribution in [0.2, 0.25) is 0 Å². The number of aromatic amines is 1. The molecule has 2 aromatic heterocycles. The molecule has 0 spiro atoms. The van der Waals surface area contributed by atoms with Gasteiger partial charge in [-0.15, -0.1) is 0 Å². The molecule has 0 fully saturated rings. The number of aromatic nitrogens is 3. The molecule has 0 radical (unpaired) electrons. The highest BCUT2D eigenvalue weighted by Gasteiger charge is 2.07. The third kappa shape index (κ3) is 1.48. The van der Waals surface area contributed by atoms with E-state index in [0.29, 0.717) is 16.6 Å². The largest absolute Gasteiger partial charge is 0.313 e. The summed E-state index contributed by atoms with van der Waals surface area (Å²) in [7, 11) is 0. The monoisotopic (exact) mass is 236 g/mol. The average molecular weight is 236 g/mol. The minimum Gasteiger partial charge on any atom is -0.313 e. The van der Waals surface area contributed by atoms with E-state index in [1.807, 2.05) is 6.07 Å². The van der Waals surface area contributed by atoms with Gasteiger partial charge in [0.15, 0.2) is 5.65 Å². The molecular formula is C13H8N4O. The Morgan fingerprint density at radius 3 is 3.06 bits per heavy atom. The summed E-state index contributed by atoms with van der Waals surface area (Å²) in [6.45, 7) is 0. The predicted molar refractivity (Wildman–Crippen MR) is 66.4 cm³/mol. The topological polar surface area (TPSA) is 74.5 Å². The first-order chi connectivity index (χ1) is 8.79. The van der Waals surface area contributed by atoms with Gasteiger partial charge >= 0.3 is 0 Å². The fraction of sp³-hybridized carbons (Fsp3) is 0. The maximum atomic E-state index is 11.6. The van der Waals surface area contributed by atoms with Gasteiger partial charge in [-0.2, -0.15) is 5.26 Å². The van der Waals surface area contributed by atoms with Crippen LogP contribution >= 0.6 is 0 Å². The first-order valence-corrected chi connectivity index (χ1v) is 5.35. The van der Waals surface area contributed by atoms with E-state index in [-0.39, 0.29) is 5.56 Å². The lowest BCUT2D eigenvalue weighted by atomic mass is 10.2. The van der Waals surface area contributed by atoms with Crippen LogP contribution < -0.4 is 5.56 Å². The standard InChI is InChI=1S/C13H8N4O/c14-7-9-2-1-3-10(6-9)17-5-4-11-12(17)15-8-16-13(11)18/h1-6,8H,(H,15,16,18). The Bertz CT molecular complexity index is 823. The van der Waals surface area contributed by atoms with Gasteiger partial charge in [0.1, 0.15) is 0 Å². The smallest absolute Gasteiger partial charge is 0.260 e. The molecule has 1 aromatic carbocycles. The molecular weight excluding hydrogens is 228 g/mol. The van der Waals surface area contributed by atoms with Gasteiger partial charge in [0.05, 0.1) is 23.3 Å². The Kier molecular flexibility index (Phi) is 2.21. The Labute approximate surface area is 102 Å². The van der Waals surface area contributed by atoms with Crippen molar-refractivity contribution >= 4 is 11.0 Å². The van der Waals surface area contributed by atoms with Crippen LogP contribution in [0.3, 0.4) is 0 Å². The van der Waals surface area contributed by atoms with E-state index < -0.39 is 0 Å². The number of nitrogens with one attached hydrogen (secondary N) is 1.